The SMILES string of the molecule is O=C(N/N=C/c1ccc(O)c(OCOc2cc3ccccc3cc2C(=O)N/N=C/c2cccnc2)c1)c1cc2ccccc2cc1O. The summed E-state index contributed by atoms with van der Waals surface area (Å²) >= 11 is 0. The van der Waals surface area contributed by atoms with E-state index in [1.807, 2.05) is 48.5 Å². The van der Waals surface area contributed by atoms with Crippen LogP contribution in [0.25, 0.3) is 21.5 Å². The molecule has 6 rings (SSSR count). The third kappa shape index (κ3) is 7.32. The molecule has 0 saturated heterocycles. The highest BCUT2D eigenvalue weighted by Crippen LogP contribution is 2.29. The average molecular weight is 626 g/mol. The Balaban J connectivity index is 1.12. The zero-order valence-corrected chi connectivity index (χ0v) is 24.7. The molecule has 0 saturated carbocycles. The molecule has 0 fully saturated rings. The number of fused-ring (bicyclic) bond motifs is 2. The van der Waals surface area contributed by atoms with Gasteiger partial charge in [-0.1, -0.05) is 54.6 Å². The maximum Gasteiger partial charge on any atom is 0.275 e. The fraction of sp³-hybridized carbons (Fsp3) is 0.0278. The first-order valence-corrected chi connectivity index (χ1v) is 14.3. The average Bonchev–Trinajstić information content (AvgIpc) is 3.09. The summed E-state index contributed by atoms with van der Waals surface area (Å²) in [5.74, 6) is -1.08. The smallest absolute Gasteiger partial charge is 0.275 e. The Morgan fingerprint density at radius 2 is 1.23 bits per heavy atom. The van der Waals surface area contributed by atoms with Crippen LogP contribution >= 0.6 is 0 Å². The Morgan fingerprint density at radius 1 is 0.638 bits per heavy atom. The number of aromatic nitrogens is 1. The lowest BCUT2D eigenvalue weighted by atomic mass is 10.1. The number of nitrogens with zero attached hydrogens (tertiary/aromatic N) is 3. The Bertz CT molecular complexity index is 2150. The van der Waals surface area contributed by atoms with Crippen LogP contribution < -0.4 is 20.3 Å². The number of nitrogens with one attached hydrogen (secondary N) is 2. The van der Waals surface area contributed by atoms with Gasteiger partial charge in [0.15, 0.2) is 11.5 Å². The first-order chi connectivity index (χ1) is 22.9. The van der Waals surface area contributed by atoms with E-state index in [2.05, 4.69) is 26.0 Å². The van der Waals surface area contributed by atoms with Gasteiger partial charge in [0.25, 0.3) is 11.8 Å². The number of benzene rings is 5. The van der Waals surface area contributed by atoms with Gasteiger partial charge in [-0.25, -0.2) is 10.9 Å². The van der Waals surface area contributed by atoms with Crippen molar-refractivity contribution in [2.45, 2.75) is 0 Å². The minimum atomic E-state index is -0.592. The maximum atomic E-state index is 13.1. The lowest BCUT2D eigenvalue weighted by Gasteiger charge is -2.14. The van der Waals surface area contributed by atoms with E-state index < -0.39 is 11.8 Å². The number of aromatic hydroxyl groups is 2. The van der Waals surface area contributed by atoms with Gasteiger partial charge < -0.3 is 19.7 Å². The lowest BCUT2D eigenvalue weighted by molar-refractivity contribution is 0.0928. The number of amides is 2. The van der Waals surface area contributed by atoms with Crippen molar-refractivity contribution < 1.29 is 29.3 Å². The normalized spacial score (nSPS) is 11.2. The van der Waals surface area contributed by atoms with Gasteiger partial charge in [0.1, 0.15) is 11.5 Å². The second kappa shape index (κ2) is 13.9. The summed E-state index contributed by atoms with van der Waals surface area (Å²) in [7, 11) is 0. The van der Waals surface area contributed by atoms with E-state index in [0.29, 0.717) is 5.56 Å². The van der Waals surface area contributed by atoms with E-state index in [9.17, 15) is 19.8 Å². The number of rotatable bonds is 10. The van der Waals surface area contributed by atoms with Crippen LogP contribution in [0.2, 0.25) is 0 Å². The third-order valence-electron chi connectivity index (χ3n) is 7.06. The first-order valence-electron chi connectivity index (χ1n) is 14.3. The van der Waals surface area contributed by atoms with E-state index in [-0.39, 0.29) is 40.9 Å². The van der Waals surface area contributed by atoms with Crippen LogP contribution in [-0.4, -0.2) is 46.2 Å². The maximum absolute atomic E-state index is 13.1. The first kappa shape index (κ1) is 30.3. The number of carbonyl (C=O) groups is 2. The van der Waals surface area contributed by atoms with E-state index in [1.165, 1.54) is 30.6 Å². The molecule has 1 aromatic heterocycles. The van der Waals surface area contributed by atoms with Crippen LogP contribution in [0.1, 0.15) is 31.8 Å². The molecule has 0 aliphatic rings. The number of phenols is 2. The molecule has 47 heavy (non-hydrogen) atoms. The number of ether oxygens (including phenoxy) is 2. The molecule has 11 nitrogen and oxygen atoms in total. The number of hydrogen-bond acceptors (Lipinski definition) is 9. The molecule has 232 valence electrons. The Kier molecular flexibility index (Phi) is 8.96. The van der Waals surface area contributed by atoms with Crippen LogP contribution in [-0.2, 0) is 0 Å². The predicted octanol–water partition coefficient (Wildman–Crippen LogP) is 5.74. The number of phenolic OH excluding ortho intramolecular Hbond substituents is 2. The molecule has 1 heterocycles. The lowest BCUT2D eigenvalue weighted by Crippen LogP contribution is -2.19. The van der Waals surface area contributed by atoms with Gasteiger partial charge in [0, 0.05) is 18.0 Å². The van der Waals surface area contributed by atoms with Crippen LogP contribution in [0.3, 0.4) is 0 Å². The van der Waals surface area contributed by atoms with Gasteiger partial charge in [-0.05, 0) is 75.6 Å². The molecule has 0 radical (unpaired) electrons. The number of pyridine rings is 1. The van der Waals surface area contributed by atoms with Crippen molar-refractivity contribution in [3.8, 4) is 23.0 Å². The molecule has 0 atom stereocenters. The summed E-state index contributed by atoms with van der Waals surface area (Å²) in [6.07, 6.45) is 6.09. The summed E-state index contributed by atoms with van der Waals surface area (Å²) in [4.78, 5) is 29.8. The molecule has 2 amide bonds. The molecule has 0 bridgehead atoms. The Hall–Kier alpha value is -6.75. The van der Waals surface area contributed by atoms with Gasteiger partial charge >= 0.3 is 0 Å². The molecule has 0 aliphatic carbocycles. The Labute approximate surface area is 268 Å². The van der Waals surface area contributed by atoms with Crippen LogP contribution in [0.15, 0.2) is 126 Å². The highest BCUT2D eigenvalue weighted by Gasteiger charge is 2.15. The van der Waals surface area contributed by atoms with Crippen molar-refractivity contribution in [3.05, 3.63) is 138 Å². The summed E-state index contributed by atoms with van der Waals surface area (Å²) in [5.41, 5.74) is 6.43. The summed E-state index contributed by atoms with van der Waals surface area (Å²) < 4.78 is 11.6. The van der Waals surface area contributed by atoms with E-state index in [0.717, 1.165) is 27.1 Å². The molecular formula is C36H27N5O6. The van der Waals surface area contributed by atoms with Gasteiger partial charge in [-0.3, -0.25) is 14.6 Å². The highest BCUT2D eigenvalue weighted by atomic mass is 16.7. The van der Waals surface area contributed by atoms with Crippen molar-refractivity contribution in [2.24, 2.45) is 10.2 Å². The molecule has 4 N–H and O–H groups in total. The number of carbonyl (C=O) groups excluding carboxylic acids is 2. The van der Waals surface area contributed by atoms with Crippen LogP contribution in [0.4, 0.5) is 0 Å². The molecule has 0 spiro atoms. The molecule has 0 unspecified atom stereocenters. The summed E-state index contributed by atoms with van der Waals surface area (Å²) in [6, 6.07) is 29.4. The van der Waals surface area contributed by atoms with Gasteiger partial charge in [0.2, 0.25) is 6.79 Å². The van der Waals surface area contributed by atoms with Crippen molar-refractivity contribution in [3.63, 3.8) is 0 Å². The minimum Gasteiger partial charge on any atom is -0.507 e. The number of hydrazone groups is 2. The fourth-order valence-corrected chi connectivity index (χ4v) is 4.71. The quantitative estimate of drug-likeness (QED) is 0.0860. The third-order valence-corrected chi connectivity index (χ3v) is 7.06. The van der Waals surface area contributed by atoms with E-state index >= 15 is 0 Å². The summed E-state index contributed by atoms with van der Waals surface area (Å²) in [6.45, 7) is -0.344. The van der Waals surface area contributed by atoms with Gasteiger partial charge in [-0.2, -0.15) is 10.2 Å². The van der Waals surface area contributed by atoms with Crippen molar-refractivity contribution >= 4 is 45.8 Å². The molecule has 5 aromatic carbocycles. The largest absolute Gasteiger partial charge is 0.507 e. The topological polar surface area (TPSA) is 155 Å². The van der Waals surface area contributed by atoms with E-state index in [1.54, 1.807) is 48.8 Å². The zero-order valence-electron chi connectivity index (χ0n) is 24.7. The van der Waals surface area contributed by atoms with Crippen molar-refractivity contribution in [2.75, 3.05) is 6.79 Å². The second-order valence-corrected chi connectivity index (χ2v) is 10.2. The molecule has 0 aliphatic heterocycles. The standard InChI is InChI=1S/C36H27N5O6/c42-31-12-11-23(20-38-40-35(44)29-15-25-7-1-3-9-27(25)17-32(29)43)14-34(31)47-22-46-33-18-28-10-4-2-8-26(28)16-30(33)36(45)41-39-21-24-6-5-13-37-19-24/h1-21,42-43H,22H2,(H,40,44)(H,41,45)/b38-20+,39-21+. The summed E-state index contributed by atoms with van der Waals surface area (Å²) in [5, 5.41) is 32.0. The van der Waals surface area contributed by atoms with E-state index in [4.69, 9.17) is 9.47 Å². The van der Waals surface area contributed by atoms with Gasteiger partial charge in [-0.15, -0.1) is 0 Å². The number of hydrogen-bond donors (Lipinski definition) is 4. The minimum absolute atomic E-state index is 0.0785. The monoisotopic (exact) mass is 625 g/mol. The molecule has 6 aromatic rings. The zero-order chi connectivity index (χ0) is 32.6. The molecule has 11 heteroatoms. The Morgan fingerprint density at radius 3 is 1.91 bits per heavy atom. The van der Waals surface area contributed by atoms with Crippen LogP contribution in [0.5, 0.6) is 23.0 Å². The predicted molar refractivity (Wildman–Crippen MR) is 178 cm³/mol. The fourth-order valence-electron chi connectivity index (χ4n) is 4.71. The van der Waals surface area contributed by atoms with Crippen LogP contribution in [0, 0.1) is 0 Å². The second-order valence-electron chi connectivity index (χ2n) is 10.2. The molecular weight excluding hydrogens is 598 g/mol. The van der Waals surface area contributed by atoms with Crippen molar-refractivity contribution in [1.29, 1.82) is 0 Å². The van der Waals surface area contributed by atoms with Gasteiger partial charge in [0.05, 0.1) is 23.6 Å². The van der Waals surface area contributed by atoms with Crippen molar-refractivity contribution in [1.82, 2.24) is 15.8 Å². The highest BCUT2D eigenvalue weighted by molar-refractivity contribution is 6.03.